The number of carbonyl (C=O) groups excluding carboxylic acids is 2. The number of ether oxygens (including phenoxy) is 1. The van der Waals surface area contributed by atoms with Crippen molar-refractivity contribution in [2.45, 2.75) is 32.2 Å². The third-order valence-electron chi connectivity index (χ3n) is 6.82. The SMILES string of the molecule is C=CC(=O)N1/C(=C\c2cnccc2-c2[nH]c3c(c2Nc2cccc(Cl)c2OC)C(=O)NCC3)CC[C@H]1C. The number of aromatic nitrogens is 2. The average molecular weight is 518 g/mol. The number of carbonyl (C=O) groups is 2. The molecular weight excluding hydrogens is 490 g/mol. The predicted molar refractivity (Wildman–Crippen MR) is 145 cm³/mol. The van der Waals surface area contributed by atoms with Crippen molar-refractivity contribution in [1.29, 1.82) is 0 Å². The van der Waals surface area contributed by atoms with E-state index < -0.39 is 0 Å². The Morgan fingerprint density at radius 2 is 2.16 bits per heavy atom. The van der Waals surface area contributed by atoms with Gasteiger partial charge in [0.05, 0.1) is 34.8 Å². The highest BCUT2D eigenvalue weighted by Crippen LogP contribution is 2.42. The molecule has 0 bridgehead atoms. The van der Waals surface area contributed by atoms with Gasteiger partial charge in [-0.05, 0) is 50.1 Å². The summed E-state index contributed by atoms with van der Waals surface area (Å²) >= 11 is 6.37. The van der Waals surface area contributed by atoms with Crippen LogP contribution in [-0.4, -0.2) is 46.4 Å². The van der Waals surface area contributed by atoms with Crippen molar-refractivity contribution < 1.29 is 14.3 Å². The lowest BCUT2D eigenvalue weighted by Crippen LogP contribution is -2.31. The number of H-pyrrole nitrogens is 1. The van der Waals surface area contributed by atoms with Gasteiger partial charge in [-0.1, -0.05) is 24.2 Å². The molecule has 2 aliphatic heterocycles. The smallest absolute Gasteiger partial charge is 0.255 e. The van der Waals surface area contributed by atoms with Crippen molar-refractivity contribution in [2.75, 3.05) is 19.0 Å². The van der Waals surface area contributed by atoms with Crippen molar-refractivity contribution in [3.05, 3.63) is 76.9 Å². The summed E-state index contributed by atoms with van der Waals surface area (Å²) in [6.45, 7) is 6.24. The highest BCUT2D eigenvalue weighted by atomic mass is 35.5. The van der Waals surface area contributed by atoms with Crippen LogP contribution in [0, 0.1) is 0 Å². The molecule has 37 heavy (non-hydrogen) atoms. The fourth-order valence-electron chi connectivity index (χ4n) is 5.07. The second-order valence-electron chi connectivity index (χ2n) is 9.08. The van der Waals surface area contributed by atoms with Gasteiger partial charge >= 0.3 is 0 Å². The van der Waals surface area contributed by atoms with Crippen LogP contribution in [0.1, 0.15) is 41.4 Å². The standard InChI is InChI=1S/C28H28ClN5O3/c1-4-23(35)34-16(2)8-9-18(34)14-17-15-30-12-10-19(17)25-26(24-21(32-25)11-13-31-28(24)36)33-22-7-5-6-20(29)27(22)37-3/h4-7,10,12,14-16,32-33H,1,8-9,11,13H2,2-3H3,(H,31,36)/b18-14-/t16-/m1/s1. The molecule has 5 rings (SSSR count). The number of fused-ring (bicyclic) bond motifs is 1. The van der Waals surface area contributed by atoms with Gasteiger partial charge in [0, 0.05) is 53.9 Å². The van der Waals surface area contributed by atoms with E-state index in [1.54, 1.807) is 30.5 Å². The van der Waals surface area contributed by atoms with Crippen LogP contribution in [-0.2, 0) is 11.2 Å². The number of nitrogens with zero attached hydrogens (tertiary/aromatic N) is 2. The van der Waals surface area contributed by atoms with Gasteiger partial charge in [0.1, 0.15) is 0 Å². The van der Waals surface area contributed by atoms with Gasteiger partial charge in [-0.3, -0.25) is 14.6 Å². The third-order valence-corrected chi connectivity index (χ3v) is 7.12. The van der Waals surface area contributed by atoms with Crippen LogP contribution in [0.3, 0.4) is 0 Å². The van der Waals surface area contributed by atoms with Crippen molar-refractivity contribution in [1.82, 2.24) is 20.2 Å². The molecule has 2 aromatic heterocycles. The number of aromatic amines is 1. The van der Waals surface area contributed by atoms with E-state index >= 15 is 0 Å². The molecule has 1 aromatic carbocycles. The number of hydrogen-bond donors (Lipinski definition) is 3. The molecule has 1 saturated heterocycles. The fourth-order valence-corrected chi connectivity index (χ4v) is 5.32. The molecule has 1 fully saturated rings. The summed E-state index contributed by atoms with van der Waals surface area (Å²) in [5.41, 5.74) is 5.98. The monoisotopic (exact) mass is 517 g/mol. The largest absolute Gasteiger partial charge is 0.493 e. The molecular formula is C28H28ClN5O3. The molecule has 190 valence electrons. The third kappa shape index (κ3) is 4.49. The molecule has 8 nitrogen and oxygen atoms in total. The molecule has 2 aliphatic rings. The summed E-state index contributed by atoms with van der Waals surface area (Å²) in [6.07, 6.45) is 9.14. The minimum Gasteiger partial charge on any atom is -0.493 e. The Balaban J connectivity index is 1.66. The van der Waals surface area contributed by atoms with Crippen molar-refractivity contribution in [2.24, 2.45) is 0 Å². The molecule has 3 N–H and O–H groups in total. The zero-order chi connectivity index (χ0) is 26.1. The number of likely N-dealkylation sites (tertiary alicyclic amines) is 1. The normalized spacial score (nSPS) is 17.9. The maximum Gasteiger partial charge on any atom is 0.255 e. The zero-order valence-corrected chi connectivity index (χ0v) is 21.5. The number of benzene rings is 1. The Morgan fingerprint density at radius 3 is 2.95 bits per heavy atom. The van der Waals surface area contributed by atoms with E-state index in [1.807, 2.05) is 31.2 Å². The highest BCUT2D eigenvalue weighted by molar-refractivity contribution is 6.32. The Kier molecular flexibility index (Phi) is 6.76. The quantitative estimate of drug-likeness (QED) is 0.385. The maximum atomic E-state index is 13.0. The van der Waals surface area contributed by atoms with Crippen LogP contribution in [0.2, 0.25) is 5.02 Å². The number of anilines is 2. The van der Waals surface area contributed by atoms with E-state index in [1.165, 1.54) is 6.08 Å². The number of pyridine rings is 1. The van der Waals surface area contributed by atoms with Gasteiger partial charge in [0.2, 0.25) is 5.91 Å². The zero-order valence-electron chi connectivity index (χ0n) is 20.7. The van der Waals surface area contributed by atoms with Crippen LogP contribution in [0.15, 0.2) is 55.0 Å². The Hall–Kier alpha value is -4.04. The molecule has 0 aliphatic carbocycles. The number of allylic oxidation sites excluding steroid dienone is 1. The first-order valence-electron chi connectivity index (χ1n) is 12.2. The molecule has 2 amide bonds. The summed E-state index contributed by atoms with van der Waals surface area (Å²) in [5.74, 6) is 0.203. The maximum absolute atomic E-state index is 13.0. The highest BCUT2D eigenvalue weighted by Gasteiger charge is 2.30. The van der Waals surface area contributed by atoms with Crippen molar-refractivity contribution in [3.63, 3.8) is 0 Å². The lowest BCUT2D eigenvalue weighted by molar-refractivity contribution is -0.124. The van der Waals surface area contributed by atoms with E-state index in [-0.39, 0.29) is 17.9 Å². The number of hydrogen-bond acceptors (Lipinski definition) is 5. The number of nitrogens with one attached hydrogen (secondary N) is 3. The molecule has 4 heterocycles. The second kappa shape index (κ2) is 10.1. The average Bonchev–Trinajstić information content (AvgIpc) is 3.45. The van der Waals surface area contributed by atoms with Crippen LogP contribution in [0.25, 0.3) is 17.3 Å². The fraction of sp³-hybridized carbons (Fsp3) is 0.250. The first-order chi connectivity index (χ1) is 17.9. The molecule has 3 aromatic rings. The molecule has 9 heteroatoms. The van der Waals surface area contributed by atoms with E-state index in [2.05, 4.69) is 27.2 Å². The number of amides is 2. The second-order valence-corrected chi connectivity index (χ2v) is 9.49. The van der Waals surface area contributed by atoms with Gasteiger partial charge in [-0.2, -0.15) is 0 Å². The summed E-state index contributed by atoms with van der Waals surface area (Å²) in [7, 11) is 1.55. The van der Waals surface area contributed by atoms with Gasteiger partial charge < -0.3 is 25.3 Å². The molecule has 1 atom stereocenters. The minimum absolute atomic E-state index is 0.0888. The van der Waals surface area contributed by atoms with Gasteiger partial charge in [-0.25, -0.2) is 0 Å². The molecule has 0 spiro atoms. The first-order valence-corrected chi connectivity index (χ1v) is 12.5. The first kappa shape index (κ1) is 24.6. The van der Waals surface area contributed by atoms with Crippen LogP contribution >= 0.6 is 11.6 Å². The van der Waals surface area contributed by atoms with E-state index in [0.717, 1.165) is 41.1 Å². The van der Waals surface area contributed by atoms with Gasteiger partial charge in [0.25, 0.3) is 5.91 Å². The number of halogens is 1. The van der Waals surface area contributed by atoms with E-state index in [4.69, 9.17) is 16.3 Å². The molecule has 0 radical (unpaired) electrons. The molecule has 0 unspecified atom stereocenters. The van der Waals surface area contributed by atoms with E-state index in [9.17, 15) is 9.59 Å². The van der Waals surface area contributed by atoms with Crippen LogP contribution < -0.4 is 15.4 Å². The Bertz CT molecular complexity index is 1430. The Labute approximate surface area is 220 Å². The summed E-state index contributed by atoms with van der Waals surface area (Å²) < 4.78 is 5.54. The lowest BCUT2D eigenvalue weighted by Gasteiger charge is -2.22. The summed E-state index contributed by atoms with van der Waals surface area (Å²) in [6, 6.07) is 7.41. The lowest BCUT2D eigenvalue weighted by atomic mass is 10.0. The van der Waals surface area contributed by atoms with Crippen LogP contribution in [0.5, 0.6) is 5.75 Å². The Morgan fingerprint density at radius 1 is 1.32 bits per heavy atom. The summed E-state index contributed by atoms with van der Waals surface area (Å²) in [5, 5.41) is 6.81. The predicted octanol–water partition coefficient (Wildman–Crippen LogP) is 5.31. The number of methoxy groups -OCH3 is 1. The number of para-hydroxylation sites is 1. The van der Waals surface area contributed by atoms with Crippen LogP contribution in [0.4, 0.5) is 11.4 Å². The molecule has 0 saturated carbocycles. The van der Waals surface area contributed by atoms with Crippen molar-refractivity contribution in [3.8, 4) is 17.0 Å². The number of rotatable bonds is 6. The van der Waals surface area contributed by atoms with Gasteiger partial charge in [0.15, 0.2) is 5.75 Å². The van der Waals surface area contributed by atoms with Crippen molar-refractivity contribution >= 4 is 40.9 Å². The topological polar surface area (TPSA) is 99.3 Å². The summed E-state index contributed by atoms with van der Waals surface area (Å²) in [4.78, 5) is 35.2. The van der Waals surface area contributed by atoms with E-state index in [0.29, 0.717) is 40.7 Å². The van der Waals surface area contributed by atoms with Gasteiger partial charge in [-0.15, -0.1) is 0 Å². The minimum atomic E-state index is -0.159.